The van der Waals surface area contributed by atoms with Crippen LogP contribution in [0.5, 0.6) is 0 Å². The smallest absolute Gasteiger partial charge is 0.0144 e. The molecule has 0 aromatic heterocycles. The van der Waals surface area contributed by atoms with E-state index in [4.69, 9.17) is 5.73 Å². The van der Waals surface area contributed by atoms with E-state index in [1.807, 2.05) is 0 Å². The second-order valence-electron chi connectivity index (χ2n) is 7.51. The fraction of sp³-hybridized carbons (Fsp3) is 0.684. The van der Waals surface area contributed by atoms with Crippen molar-refractivity contribution in [3.8, 4) is 0 Å². The molecule has 5 unspecified atom stereocenters. The molecule has 0 amide bonds. The van der Waals surface area contributed by atoms with Crippen LogP contribution in [0.15, 0.2) is 30.3 Å². The number of hydrogen-bond acceptors (Lipinski definition) is 2. The van der Waals surface area contributed by atoms with Gasteiger partial charge in [0.25, 0.3) is 0 Å². The van der Waals surface area contributed by atoms with Crippen molar-refractivity contribution in [1.82, 2.24) is 4.90 Å². The van der Waals surface area contributed by atoms with E-state index >= 15 is 0 Å². The largest absolute Gasteiger partial charge is 0.330 e. The lowest BCUT2D eigenvalue weighted by atomic mass is 9.74. The van der Waals surface area contributed by atoms with Crippen molar-refractivity contribution in [1.29, 1.82) is 0 Å². The van der Waals surface area contributed by atoms with Crippen LogP contribution in [0.4, 0.5) is 0 Å². The van der Waals surface area contributed by atoms with Gasteiger partial charge in [-0.25, -0.2) is 0 Å². The number of piperidine rings is 1. The van der Waals surface area contributed by atoms with E-state index in [-0.39, 0.29) is 0 Å². The summed E-state index contributed by atoms with van der Waals surface area (Å²) in [5.41, 5.74) is 7.66. The molecule has 1 heterocycles. The molecule has 3 fully saturated rings. The number of nitrogens with zero attached hydrogens (tertiary/aromatic N) is 1. The Morgan fingerprint density at radius 1 is 1.00 bits per heavy atom. The third-order valence-electron chi connectivity index (χ3n) is 6.41. The molecule has 2 aliphatic carbocycles. The quantitative estimate of drug-likeness (QED) is 0.922. The third-order valence-corrected chi connectivity index (χ3v) is 6.41. The van der Waals surface area contributed by atoms with Gasteiger partial charge < -0.3 is 5.73 Å². The number of fused-ring (bicyclic) bond motifs is 2. The van der Waals surface area contributed by atoms with Crippen LogP contribution in [0.2, 0.25) is 0 Å². The number of likely N-dealkylation sites (tertiary alicyclic amines) is 1. The first-order valence-corrected chi connectivity index (χ1v) is 8.86. The summed E-state index contributed by atoms with van der Waals surface area (Å²) < 4.78 is 0. The fourth-order valence-corrected chi connectivity index (χ4v) is 5.29. The van der Waals surface area contributed by atoms with Gasteiger partial charge in [0.1, 0.15) is 0 Å². The van der Waals surface area contributed by atoms with Gasteiger partial charge in [-0.05, 0) is 68.4 Å². The molecule has 0 radical (unpaired) electrons. The van der Waals surface area contributed by atoms with Crippen molar-refractivity contribution in [2.75, 3.05) is 13.1 Å². The van der Waals surface area contributed by atoms with Gasteiger partial charge in [0.2, 0.25) is 0 Å². The van der Waals surface area contributed by atoms with Gasteiger partial charge >= 0.3 is 0 Å². The van der Waals surface area contributed by atoms with E-state index < -0.39 is 0 Å². The van der Waals surface area contributed by atoms with Gasteiger partial charge in [-0.2, -0.15) is 0 Å². The lowest BCUT2D eigenvalue weighted by Gasteiger charge is -2.44. The maximum Gasteiger partial charge on any atom is 0.0144 e. The second-order valence-corrected chi connectivity index (χ2v) is 7.51. The molecule has 1 aromatic carbocycles. The van der Waals surface area contributed by atoms with Crippen molar-refractivity contribution in [2.24, 2.45) is 17.6 Å². The number of rotatable bonds is 3. The Bertz CT molecular complexity index is 472. The van der Waals surface area contributed by atoms with Crippen LogP contribution < -0.4 is 5.73 Å². The average molecular weight is 284 g/mol. The summed E-state index contributed by atoms with van der Waals surface area (Å²) >= 11 is 0. The lowest BCUT2D eigenvalue weighted by Crippen LogP contribution is -2.49. The van der Waals surface area contributed by atoms with Crippen LogP contribution in [0.25, 0.3) is 0 Å². The van der Waals surface area contributed by atoms with Gasteiger partial charge in [-0.1, -0.05) is 30.3 Å². The van der Waals surface area contributed by atoms with Crippen LogP contribution >= 0.6 is 0 Å². The molecular formula is C19H28N2. The van der Waals surface area contributed by atoms with Crippen molar-refractivity contribution in [2.45, 2.75) is 56.5 Å². The van der Waals surface area contributed by atoms with E-state index in [0.717, 1.165) is 36.4 Å². The Morgan fingerprint density at radius 3 is 2.52 bits per heavy atom. The normalized spacial score (nSPS) is 39.8. The van der Waals surface area contributed by atoms with Crippen LogP contribution in [0, 0.1) is 11.8 Å². The molecule has 4 rings (SSSR count). The molecule has 1 saturated heterocycles. The first-order valence-electron chi connectivity index (χ1n) is 8.86. The molecule has 2 heteroatoms. The van der Waals surface area contributed by atoms with Crippen LogP contribution in [0.3, 0.4) is 0 Å². The number of hydrogen-bond donors (Lipinski definition) is 1. The molecule has 2 saturated carbocycles. The van der Waals surface area contributed by atoms with Gasteiger partial charge in [-0.15, -0.1) is 0 Å². The van der Waals surface area contributed by atoms with Crippen LogP contribution in [0.1, 0.15) is 50.0 Å². The minimum Gasteiger partial charge on any atom is -0.330 e. The molecule has 2 N–H and O–H groups in total. The number of nitrogens with two attached hydrogens (primary N) is 1. The second kappa shape index (κ2) is 5.73. The molecule has 0 spiro atoms. The van der Waals surface area contributed by atoms with Gasteiger partial charge in [0, 0.05) is 18.6 Å². The molecule has 3 aliphatic rings. The van der Waals surface area contributed by atoms with Gasteiger partial charge in [0.15, 0.2) is 0 Å². The summed E-state index contributed by atoms with van der Waals surface area (Å²) in [7, 11) is 0. The topological polar surface area (TPSA) is 29.3 Å². The summed E-state index contributed by atoms with van der Waals surface area (Å²) in [5, 5.41) is 0. The first-order chi connectivity index (χ1) is 10.3. The zero-order chi connectivity index (χ0) is 14.2. The van der Waals surface area contributed by atoms with E-state index in [1.54, 1.807) is 5.56 Å². The highest BCUT2D eigenvalue weighted by Gasteiger charge is 2.44. The maximum atomic E-state index is 6.12. The average Bonchev–Trinajstić information content (AvgIpc) is 3.18. The zero-order valence-electron chi connectivity index (χ0n) is 13.0. The molecule has 1 aliphatic heterocycles. The minimum absolute atomic E-state index is 0.726. The third kappa shape index (κ3) is 2.53. The summed E-state index contributed by atoms with van der Waals surface area (Å²) in [6.45, 7) is 2.23. The Morgan fingerprint density at radius 2 is 1.86 bits per heavy atom. The highest BCUT2D eigenvalue weighted by Crippen LogP contribution is 2.45. The van der Waals surface area contributed by atoms with Crippen molar-refractivity contribution in [3.63, 3.8) is 0 Å². The predicted molar refractivity (Wildman–Crippen MR) is 87.2 cm³/mol. The summed E-state index contributed by atoms with van der Waals surface area (Å²) in [6.07, 6.45) is 8.34. The van der Waals surface area contributed by atoms with Crippen molar-refractivity contribution in [3.05, 3.63) is 35.9 Å². The molecule has 2 bridgehead atoms. The Kier molecular flexibility index (Phi) is 3.76. The minimum atomic E-state index is 0.726. The zero-order valence-corrected chi connectivity index (χ0v) is 13.0. The van der Waals surface area contributed by atoms with Crippen LogP contribution in [-0.4, -0.2) is 30.1 Å². The molecule has 5 atom stereocenters. The highest BCUT2D eigenvalue weighted by molar-refractivity contribution is 5.21. The molecule has 21 heavy (non-hydrogen) atoms. The molecule has 1 aromatic rings. The lowest BCUT2D eigenvalue weighted by molar-refractivity contribution is 0.0700. The number of benzene rings is 1. The summed E-state index contributed by atoms with van der Waals surface area (Å²) in [6, 6.07) is 12.8. The SMILES string of the molecule is NCC1CCC(c2ccccc2)CC1N1CC2CCC1C2. The maximum absolute atomic E-state index is 6.12. The monoisotopic (exact) mass is 284 g/mol. The Balaban J connectivity index is 1.52. The Labute approximate surface area is 128 Å². The van der Waals surface area contributed by atoms with Crippen molar-refractivity contribution >= 4 is 0 Å². The highest BCUT2D eigenvalue weighted by atomic mass is 15.2. The van der Waals surface area contributed by atoms with E-state index in [1.165, 1.54) is 45.1 Å². The molecule has 2 nitrogen and oxygen atoms in total. The first kappa shape index (κ1) is 13.8. The molecule has 114 valence electrons. The Hall–Kier alpha value is -0.860. The standard InChI is InChI=1S/C19H28N2/c20-12-17-8-7-16(15-4-2-1-3-5-15)11-19(17)21-13-14-6-9-18(21)10-14/h1-5,14,16-19H,6-13,20H2. The van der Waals surface area contributed by atoms with Crippen molar-refractivity contribution < 1.29 is 0 Å². The fourth-order valence-electron chi connectivity index (χ4n) is 5.29. The summed E-state index contributed by atoms with van der Waals surface area (Å²) in [4.78, 5) is 2.86. The van der Waals surface area contributed by atoms with Gasteiger partial charge in [0.05, 0.1) is 0 Å². The van der Waals surface area contributed by atoms with Gasteiger partial charge in [-0.3, -0.25) is 4.90 Å². The predicted octanol–water partition coefficient (Wildman–Crippen LogP) is 3.38. The van der Waals surface area contributed by atoms with E-state index in [0.29, 0.717) is 0 Å². The molecular weight excluding hydrogens is 256 g/mol. The van der Waals surface area contributed by atoms with E-state index in [9.17, 15) is 0 Å². The van der Waals surface area contributed by atoms with Crippen LogP contribution in [-0.2, 0) is 0 Å². The summed E-state index contributed by atoms with van der Waals surface area (Å²) in [5.74, 6) is 2.47. The van der Waals surface area contributed by atoms with E-state index in [2.05, 4.69) is 35.2 Å².